The van der Waals surface area contributed by atoms with Crippen LogP contribution in [0.2, 0.25) is 0 Å². The fourth-order valence-electron chi connectivity index (χ4n) is 1.84. The van der Waals surface area contributed by atoms with Crippen LogP contribution in [0.3, 0.4) is 0 Å². The number of rotatable bonds is 2. The highest BCUT2D eigenvalue weighted by Crippen LogP contribution is 2.30. The maximum absolute atomic E-state index is 4.47. The van der Waals surface area contributed by atoms with E-state index in [0.717, 1.165) is 10.6 Å². The molecule has 0 bridgehead atoms. The van der Waals surface area contributed by atoms with Gasteiger partial charge in [-0.15, -0.1) is 0 Å². The summed E-state index contributed by atoms with van der Waals surface area (Å²) in [5.74, 6) is 0. The van der Waals surface area contributed by atoms with Crippen LogP contribution in [0.4, 0.5) is 5.13 Å². The Balaban J connectivity index is 2.13. The van der Waals surface area contributed by atoms with Crippen LogP contribution in [-0.4, -0.2) is 12.0 Å². The largest absolute Gasteiger partial charge is 0.365 e. The Morgan fingerprint density at radius 1 is 1.00 bits per heavy atom. The monoisotopic (exact) mass is 240 g/mol. The third-order valence-electron chi connectivity index (χ3n) is 2.71. The van der Waals surface area contributed by atoms with Gasteiger partial charge in [0.15, 0.2) is 5.13 Å². The first kappa shape index (κ1) is 10.3. The molecule has 3 heteroatoms. The van der Waals surface area contributed by atoms with E-state index in [1.165, 1.54) is 15.8 Å². The number of fused-ring (bicyclic) bond motifs is 1. The molecule has 1 heterocycles. The summed E-state index contributed by atoms with van der Waals surface area (Å²) in [4.78, 5) is 4.47. The van der Waals surface area contributed by atoms with E-state index in [-0.39, 0.29) is 0 Å². The van der Waals surface area contributed by atoms with Crippen LogP contribution in [0.5, 0.6) is 0 Å². The van der Waals surface area contributed by atoms with Crippen LogP contribution >= 0.6 is 11.3 Å². The zero-order chi connectivity index (χ0) is 11.7. The van der Waals surface area contributed by atoms with E-state index in [1.807, 2.05) is 13.1 Å². The number of thiazole rings is 1. The van der Waals surface area contributed by atoms with Crippen LogP contribution in [-0.2, 0) is 0 Å². The molecule has 0 fully saturated rings. The minimum absolute atomic E-state index is 0.963. The molecule has 0 aliphatic heterocycles. The highest BCUT2D eigenvalue weighted by Gasteiger charge is 2.04. The standard InChI is InChI=1S/C14H12N2S/c1-15-14-16-12-8-7-11(9-13(12)17-14)10-5-3-2-4-6-10/h2-9H,1H3,(H,15,16). The highest BCUT2D eigenvalue weighted by atomic mass is 32.1. The van der Waals surface area contributed by atoms with Gasteiger partial charge in [-0.25, -0.2) is 4.98 Å². The average Bonchev–Trinajstić information content (AvgIpc) is 2.81. The van der Waals surface area contributed by atoms with Gasteiger partial charge in [0, 0.05) is 7.05 Å². The predicted molar refractivity (Wildman–Crippen MR) is 74.6 cm³/mol. The molecule has 0 spiro atoms. The molecule has 2 nitrogen and oxygen atoms in total. The van der Waals surface area contributed by atoms with Gasteiger partial charge in [0.25, 0.3) is 0 Å². The summed E-state index contributed by atoms with van der Waals surface area (Å²) in [6.07, 6.45) is 0. The minimum Gasteiger partial charge on any atom is -0.365 e. The van der Waals surface area contributed by atoms with Crippen molar-refractivity contribution in [3.8, 4) is 11.1 Å². The van der Waals surface area contributed by atoms with Gasteiger partial charge in [0.2, 0.25) is 0 Å². The zero-order valence-corrected chi connectivity index (χ0v) is 10.3. The Labute approximate surface area is 104 Å². The van der Waals surface area contributed by atoms with Gasteiger partial charge in [-0.1, -0.05) is 47.7 Å². The number of benzene rings is 2. The van der Waals surface area contributed by atoms with Crippen molar-refractivity contribution in [3.05, 3.63) is 48.5 Å². The first-order chi connectivity index (χ1) is 8.36. The van der Waals surface area contributed by atoms with Crippen LogP contribution in [0.15, 0.2) is 48.5 Å². The number of nitrogens with zero attached hydrogens (tertiary/aromatic N) is 1. The van der Waals surface area contributed by atoms with E-state index in [1.54, 1.807) is 11.3 Å². The molecule has 0 radical (unpaired) electrons. The molecular weight excluding hydrogens is 228 g/mol. The smallest absolute Gasteiger partial charge is 0.183 e. The number of nitrogens with one attached hydrogen (secondary N) is 1. The normalized spacial score (nSPS) is 10.6. The molecule has 0 aliphatic rings. The van der Waals surface area contributed by atoms with Crippen molar-refractivity contribution in [2.45, 2.75) is 0 Å². The summed E-state index contributed by atoms with van der Waals surface area (Å²) in [5, 5.41) is 4.05. The lowest BCUT2D eigenvalue weighted by molar-refractivity contribution is 1.41. The molecule has 17 heavy (non-hydrogen) atoms. The summed E-state index contributed by atoms with van der Waals surface area (Å²) in [6.45, 7) is 0. The van der Waals surface area contributed by atoms with E-state index in [9.17, 15) is 0 Å². The second-order valence-electron chi connectivity index (χ2n) is 3.82. The number of aromatic nitrogens is 1. The Bertz CT molecular complexity index is 644. The third kappa shape index (κ3) is 1.89. The first-order valence-corrected chi connectivity index (χ1v) is 6.32. The lowest BCUT2D eigenvalue weighted by atomic mass is 10.1. The molecule has 0 aliphatic carbocycles. The number of anilines is 1. The molecule has 1 aromatic heterocycles. The van der Waals surface area contributed by atoms with Crippen LogP contribution in [0.1, 0.15) is 0 Å². The molecule has 0 saturated carbocycles. The van der Waals surface area contributed by atoms with Crippen LogP contribution in [0.25, 0.3) is 21.3 Å². The molecule has 0 amide bonds. The quantitative estimate of drug-likeness (QED) is 0.732. The molecule has 1 N–H and O–H groups in total. The molecular formula is C14H12N2S. The topological polar surface area (TPSA) is 24.9 Å². The SMILES string of the molecule is CNc1nc2ccc(-c3ccccc3)cc2s1. The van der Waals surface area contributed by atoms with Crippen molar-refractivity contribution in [1.82, 2.24) is 4.98 Å². The van der Waals surface area contributed by atoms with Gasteiger partial charge < -0.3 is 5.32 Å². The number of hydrogen-bond acceptors (Lipinski definition) is 3. The highest BCUT2D eigenvalue weighted by molar-refractivity contribution is 7.22. The minimum atomic E-state index is 0.963. The van der Waals surface area contributed by atoms with Crippen LogP contribution < -0.4 is 5.32 Å². The summed E-state index contributed by atoms with van der Waals surface area (Å²) in [7, 11) is 1.90. The Morgan fingerprint density at radius 3 is 2.59 bits per heavy atom. The molecule has 0 saturated heterocycles. The van der Waals surface area contributed by atoms with Gasteiger partial charge >= 0.3 is 0 Å². The predicted octanol–water partition coefficient (Wildman–Crippen LogP) is 4.01. The van der Waals surface area contributed by atoms with Crippen molar-refractivity contribution in [3.63, 3.8) is 0 Å². The van der Waals surface area contributed by atoms with Gasteiger partial charge in [-0.3, -0.25) is 0 Å². The molecule has 3 rings (SSSR count). The lowest BCUT2D eigenvalue weighted by Gasteiger charge is -2.00. The summed E-state index contributed by atoms with van der Waals surface area (Å²) in [5.41, 5.74) is 3.54. The number of hydrogen-bond donors (Lipinski definition) is 1. The van der Waals surface area contributed by atoms with Gasteiger partial charge in [-0.05, 0) is 23.3 Å². The summed E-state index contributed by atoms with van der Waals surface area (Å²) >= 11 is 1.68. The molecule has 0 atom stereocenters. The van der Waals surface area contributed by atoms with E-state index in [2.05, 4.69) is 52.8 Å². The fraction of sp³-hybridized carbons (Fsp3) is 0.0714. The van der Waals surface area contributed by atoms with Gasteiger partial charge in [-0.2, -0.15) is 0 Å². The Kier molecular flexibility index (Phi) is 2.53. The van der Waals surface area contributed by atoms with E-state index < -0.39 is 0 Å². The van der Waals surface area contributed by atoms with Gasteiger partial charge in [0.05, 0.1) is 10.2 Å². The van der Waals surface area contributed by atoms with E-state index in [4.69, 9.17) is 0 Å². The molecule has 3 aromatic rings. The van der Waals surface area contributed by atoms with Crippen molar-refractivity contribution < 1.29 is 0 Å². The second-order valence-corrected chi connectivity index (χ2v) is 4.85. The van der Waals surface area contributed by atoms with Crippen LogP contribution in [0, 0.1) is 0 Å². The average molecular weight is 240 g/mol. The van der Waals surface area contributed by atoms with E-state index >= 15 is 0 Å². The lowest BCUT2D eigenvalue weighted by Crippen LogP contribution is -1.83. The molecule has 84 valence electrons. The maximum Gasteiger partial charge on any atom is 0.183 e. The van der Waals surface area contributed by atoms with Gasteiger partial charge in [0.1, 0.15) is 0 Å². The third-order valence-corrected chi connectivity index (χ3v) is 3.75. The molecule has 2 aromatic carbocycles. The summed E-state index contributed by atoms with van der Waals surface area (Å²) in [6, 6.07) is 16.8. The first-order valence-electron chi connectivity index (χ1n) is 5.50. The van der Waals surface area contributed by atoms with Crippen molar-refractivity contribution >= 4 is 26.7 Å². The van der Waals surface area contributed by atoms with Crippen molar-refractivity contribution in [2.24, 2.45) is 0 Å². The van der Waals surface area contributed by atoms with Crippen molar-refractivity contribution in [1.29, 1.82) is 0 Å². The fourth-order valence-corrected chi connectivity index (χ4v) is 2.70. The maximum atomic E-state index is 4.47. The molecule has 0 unspecified atom stereocenters. The van der Waals surface area contributed by atoms with Crippen molar-refractivity contribution in [2.75, 3.05) is 12.4 Å². The summed E-state index contributed by atoms with van der Waals surface area (Å²) < 4.78 is 1.22. The zero-order valence-electron chi connectivity index (χ0n) is 9.47. The second kappa shape index (κ2) is 4.18. The Morgan fingerprint density at radius 2 is 1.82 bits per heavy atom. The van der Waals surface area contributed by atoms with E-state index in [0.29, 0.717) is 0 Å². The Hall–Kier alpha value is -1.87.